The number of hydrogen-bond donors (Lipinski definition) is 1. The second-order valence-electron chi connectivity index (χ2n) is 6.12. The zero-order valence-corrected chi connectivity index (χ0v) is 15.1. The fraction of sp³-hybridized carbons (Fsp3) is 0.533. The topological polar surface area (TPSA) is 68.2 Å². The van der Waals surface area contributed by atoms with Crippen LogP contribution in [0.25, 0.3) is 10.2 Å². The fourth-order valence-corrected chi connectivity index (χ4v) is 4.67. The first-order chi connectivity index (χ1) is 10.1. The van der Waals surface area contributed by atoms with Gasteiger partial charge in [0.2, 0.25) is 10.0 Å². The van der Waals surface area contributed by atoms with E-state index in [0.717, 1.165) is 16.9 Å². The lowest BCUT2D eigenvalue weighted by Gasteiger charge is -2.17. The van der Waals surface area contributed by atoms with Crippen LogP contribution in [-0.4, -0.2) is 19.0 Å². The average Bonchev–Trinajstić information content (AvgIpc) is 2.72. The van der Waals surface area contributed by atoms with Crippen molar-refractivity contribution in [1.82, 2.24) is 9.29 Å². The van der Waals surface area contributed by atoms with Gasteiger partial charge < -0.3 is 0 Å². The summed E-state index contributed by atoms with van der Waals surface area (Å²) in [6, 6.07) is 4.74. The van der Waals surface area contributed by atoms with Crippen molar-refractivity contribution in [3.63, 3.8) is 0 Å². The second-order valence-corrected chi connectivity index (χ2v) is 8.82. The van der Waals surface area contributed by atoms with Crippen molar-refractivity contribution in [1.29, 1.82) is 0 Å². The monoisotopic (exact) mass is 342 g/mol. The molecule has 0 fully saturated rings. The summed E-state index contributed by atoms with van der Waals surface area (Å²) in [6.07, 6.45) is 0. The van der Waals surface area contributed by atoms with Crippen LogP contribution in [0, 0.1) is 5.92 Å². The number of thiazole rings is 1. The van der Waals surface area contributed by atoms with Crippen molar-refractivity contribution in [2.75, 3.05) is 0 Å². The quantitative estimate of drug-likeness (QED) is 0.908. The molecule has 1 atom stereocenters. The minimum atomic E-state index is -3.57. The number of benzene rings is 1. The third-order valence-electron chi connectivity index (χ3n) is 3.75. The average molecular weight is 342 g/mol. The molecule has 0 radical (unpaired) electrons. The molecule has 0 amide bonds. The highest BCUT2D eigenvalue weighted by atomic mass is 32.2. The van der Waals surface area contributed by atoms with E-state index in [2.05, 4.69) is 4.72 Å². The van der Waals surface area contributed by atoms with Crippen LogP contribution in [-0.2, 0) is 10.0 Å². The third kappa shape index (κ3) is 3.26. The molecule has 1 aromatic heterocycles. The Morgan fingerprint density at radius 1 is 1.14 bits per heavy atom. The van der Waals surface area contributed by atoms with Crippen molar-refractivity contribution < 1.29 is 8.42 Å². The first kappa shape index (κ1) is 17.2. The summed E-state index contributed by atoms with van der Waals surface area (Å²) in [5.74, 6) is 0.205. The van der Waals surface area contributed by atoms with Crippen molar-refractivity contribution in [2.24, 2.45) is 5.92 Å². The van der Waals surface area contributed by atoms with Crippen molar-refractivity contribution in [2.45, 2.75) is 51.6 Å². The summed E-state index contributed by atoms with van der Waals surface area (Å²) >= 11 is 1.08. The molecule has 2 aromatic rings. The molecule has 0 saturated carbocycles. The van der Waals surface area contributed by atoms with Crippen LogP contribution in [0.1, 0.15) is 40.7 Å². The van der Waals surface area contributed by atoms with E-state index in [1.807, 2.05) is 34.6 Å². The summed E-state index contributed by atoms with van der Waals surface area (Å²) in [7, 11) is -3.57. The number of nitrogens with one attached hydrogen (secondary N) is 1. The van der Waals surface area contributed by atoms with Gasteiger partial charge in [-0.05, 0) is 44.9 Å². The lowest BCUT2D eigenvalue weighted by molar-refractivity contribution is 0.476. The van der Waals surface area contributed by atoms with Gasteiger partial charge in [0, 0.05) is 12.1 Å². The standard InChI is InChI=1S/C15H22N2O3S2/c1-9(2)11(5)16-22(19,20)12-6-7-13-14(8-12)21-15(18)17(13)10(3)4/h6-11,16H,1-5H3/t11-/m1/s1. The first-order valence-electron chi connectivity index (χ1n) is 7.31. The van der Waals surface area contributed by atoms with Crippen LogP contribution in [0.3, 0.4) is 0 Å². The van der Waals surface area contributed by atoms with E-state index < -0.39 is 10.0 Å². The molecule has 5 nitrogen and oxygen atoms in total. The second kappa shape index (κ2) is 6.14. The molecule has 0 aliphatic carbocycles. The van der Waals surface area contributed by atoms with Gasteiger partial charge in [0.05, 0.1) is 15.1 Å². The van der Waals surface area contributed by atoms with Crippen LogP contribution in [0.15, 0.2) is 27.9 Å². The van der Waals surface area contributed by atoms with Gasteiger partial charge in [-0.1, -0.05) is 25.2 Å². The van der Waals surface area contributed by atoms with Gasteiger partial charge in [-0.25, -0.2) is 13.1 Å². The van der Waals surface area contributed by atoms with Gasteiger partial charge in [0.1, 0.15) is 0 Å². The molecule has 1 aromatic carbocycles. The maximum Gasteiger partial charge on any atom is 0.308 e. The number of aromatic nitrogens is 1. The summed E-state index contributed by atoms with van der Waals surface area (Å²) in [4.78, 5) is 12.2. The summed E-state index contributed by atoms with van der Waals surface area (Å²) in [5, 5.41) is 0. The van der Waals surface area contributed by atoms with Crippen LogP contribution < -0.4 is 9.60 Å². The molecule has 1 heterocycles. The molecular formula is C15H22N2O3S2. The minimum Gasteiger partial charge on any atom is -0.296 e. The van der Waals surface area contributed by atoms with Crippen LogP contribution >= 0.6 is 11.3 Å². The molecule has 0 aliphatic heterocycles. The summed E-state index contributed by atoms with van der Waals surface area (Å²) in [6.45, 7) is 9.64. The summed E-state index contributed by atoms with van der Waals surface area (Å²) < 4.78 is 29.9. The number of nitrogens with zero attached hydrogens (tertiary/aromatic N) is 1. The molecule has 122 valence electrons. The highest BCUT2D eigenvalue weighted by Gasteiger charge is 2.21. The highest BCUT2D eigenvalue weighted by Crippen LogP contribution is 2.24. The lowest BCUT2D eigenvalue weighted by Crippen LogP contribution is -2.36. The fourth-order valence-electron chi connectivity index (χ4n) is 2.12. The van der Waals surface area contributed by atoms with Crippen molar-refractivity contribution in [3.8, 4) is 0 Å². The molecule has 1 N–H and O–H groups in total. The Bertz CT molecular complexity index is 832. The Balaban J connectivity index is 2.48. The van der Waals surface area contributed by atoms with Gasteiger partial charge in [-0.15, -0.1) is 0 Å². The highest BCUT2D eigenvalue weighted by molar-refractivity contribution is 7.89. The molecule has 22 heavy (non-hydrogen) atoms. The van der Waals surface area contributed by atoms with Gasteiger partial charge in [0.25, 0.3) is 0 Å². The van der Waals surface area contributed by atoms with E-state index in [1.54, 1.807) is 22.8 Å². The van der Waals surface area contributed by atoms with E-state index in [1.165, 1.54) is 0 Å². The molecule has 0 spiro atoms. The Morgan fingerprint density at radius 3 is 2.32 bits per heavy atom. The number of fused-ring (bicyclic) bond motifs is 1. The smallest absolute Gasteiger partial charge is 0.296 e. The number of rotatable bonds is 5. The Kier molecular flexibility index (Phi) is 4.79. The van der Waals surface area contributed by atoms with E-state index in [0.29, 0.717) is 4.70 Å². The van der Waals surface area contributed by atoms with Crippen LogP contribution in [0.5, 0.6) is 0 Å². The van der Waals surface area contributed by atoms with Gasteiger partial charge in [0.15, 0.2) is 0 Å². The molecule has 2 rings (SSSR count). The Morgan fingerprint density at radius 2 is 1.77 bits per heavy atom. The normalized spacial score (nSPS) is 14.1. The lowest BCUT2D eigenvalue weighted by atomic mass is 10.1. The van der Waals surface area contributed by atoms with Crippen LogP contribution in [0.4, 0.5) is 0 Å². The Labute approximate surface area is 135 Å². The van der Waals surface area contributed by atoms with Crippen LogP contribution in [0.2, 0.25) is 0 Å². The summed E-state index contributed by atoms with van der Waals surface area (Å²) in [5.41, 5.74) is 0.779. The zero-order valence-electron chi connectivity index (χ0n) is 13.5. The number of hydrogen-bond acceptors (Lipinski definition) is 4. The van der Waals surface area contributed by atoms with E-state index in [4.69, 9.17) is 0 Å². The SMILES string of the molecule is CC(C)[C@@H](C)NS(=O)(=O)c1ccc2c(c1)sc(=O)n2C(C)C. The van der Waals surface area contributed by atoms with E-state index in [9.17, 15) is 13.2 Å². The molecule has 0 bridgehead atoms. The molecule has 0 saturated heterocycles. The van der Waals surface area contributed by atoms with Gasteiger partial charge in [-0.2, -0.15) is 0 Å². The molecule has 0 aliphatic rings. The maximum absolute atomic E-state index is 12.4. The largest absolute Gasteiger partial charge is 0.308 e. The minimum absolute atomic E-state index is 0.0443. The Hall–Kier alpha value is -1.18. The number of sulfonamides is 1. The predicted octanol–water partition coefficient (Wildman–Crippen LogP) is 2.97. The van der Waals surface area contributed by atoms with E-state index in [-0.39, 0.29) is 27.8 Å². The van der Waals surface area contributed by atoms with E-state index >= 15 is 0 Å². The van der Waals surface area contributed by atoms with Crippen molar-refractivity contribution >= 4 is 31.6 Å². The zero-order chi connectivity index (χ0) is 16.7. The molecule has 7 heteroatoms. The van der Waals surface area contributed by atoms with Gasteiger partial charge >= 0.3 is 4.87 Å². The predicted molar refractivity (Wildman–Crippen MR) is 91.1 cm³/mol. The maximum atomic E-state index is 12.4. The third-order valence-corrected chi connectivity index (χ3v) is 6.23. The molecule has 0 unspecified atom stereocenters. The van der Waals surface area contributed by atoms with Gasteiger partial charge in [-0.3, -0.25) is 9.36 Å². The van der Waals surface area contributed by atoms with Crippen molar-refractivity contribution in [3.05, 3.63) is 27.9 Å². The first-order valence-corrected chi connectivity index (χ1v) is 9.61. The molecular weight excluding hydrogens is 320 g/mol.